The standard InChI is InChI=1S/C15H18N4O3/c1-9-13(10(2)22-19-9)14-12(7-20)15(17-8-16-14)18-11-3-5-21-6-4-11/h7-8,11H,3-6H2,1-2H3,(H,16,17,18). The zero-order valence-electron chi connectivity index (χ0n) is 12.6. The molecule has 0 aliphatic carbocycles. The van der Waals surface area contributed by atoms with Crippen molar-refractivity contribution in [3.05, 3.63) is 23.3 Å². The van der Waals surface area contributed by atoms with Crippen LogP contribution in [-0.2, 0) is 4.74 Å². The van der Waals surface area contributed by atoms with E-state index in [0.717, 1.165) is 37.9 Å². The summed E-state index contributed by atoms with van der Waals surface area (Å²) >= 11 is 0. The predicted molar refractivity (Wildman–Crippen MR) is 79.9 cm³/mol. The molecule has 7 nitrogen and oxygen atoms in total. The number of rotatable bonds is 4. The summed E-state index contributed by atoms with van der Waals surface area (Å²) in [6, 6.07) is 0.250. The van der Waals surface area contributed by atoms with Crippen LogP contribution in [0.2, 0.25) is 0 Å². The van der Waals surface area contributed by atoms with Crippen LogP contribution < -0.4 is 5.32 Å². The Morgan fingerprint density at radius 1 is 1.27 bits per heavy atom. The molecule has 0 spiro atoms. The maximum absolute atomic E-state index is 11.6. The average Bonchev–Trinajstić information content (AvgIpc) is 2.87. The summed E-state index contributed by atoms with van der Waals surface area (Å²) in [7, 11) is 0. The lowest BCUT2D eigenvalue weighted by atomic mass is 10.0. The Morgan fingerprint density at radius 2 is 2.05 bits per heavy atom. The summed E-state index contributed by atoms with van der Waals surface area (Å²) in [5, 5.41) is 7.25. The molecule has 0 amide bonds. The van der Waals surface area contributed by atoms with Crippen molar-refractivity contribution in [3.63, 3.8) is 0 Å². The first-order chi connectivity index (χ1) is 10.7. The van der Waals surface area contributed by atoms with E-state index >= 15 is 0 Å². The summed E-state index contributed by atoms with van der Waals surface area (Å²) < 4.78 is 10.5. The topological polar surface area (TPSA) is 90.1 Å². The molecule has 0 unspecified atom stereocenters. The fourth-order valence-corrected chi connectivity index (χ4v) is 2.68. The first-order valence-electron chi connectivity index (χ1n) is 7.28. The quantitative estimate of drug-likeness (QED) is 0.865. The third-order valence-electron chi connectivity index (χ3n) is 3.83. The molecule has 1 fully saturated rings. The number of nitrogens with zero attached hydrogens (tertiary/aromatic N) is 3. The number of ether oxygens (including phenoxy) is 1. The summed E-state index contributed by atoms with van der Waals surface area (Å²) in [6.45, 7) is 5.07. The Bertz CT molecular complexity index is 658. The predicted octanol–water partition coefficient (Wildman–Crippen LogP) is 2.15. The lowest BCUT2D eigenvalue weighted by Crippen LogP contribution is -2.28. The highest BCUT2D eigenvalue weighted by Crippen LogP contribution is 2.30. The highest BCUT2D eigenvalue weighted by atomic mass is 16.5. The van der Waals surface area contributed by atoms with Crippen molar-refractivity contribution in [2.45, 2.75) is 32.7 Å². The molecule has 1 N–H and O–H groups in total. The molecule has 1 saturated heterocycles. The number of aromatic nitrogens is 3. The molecular weight excluding hydrogens is 284 g/mol. The number of hydrogen-bond donors (Lipinski definition) is 1. The number of anilines is 1. The van der Waals surface area contributed by atoms with E-state index in [1.54, 1.807) is 6.92 Å². The van der Waals surface area contributed by atoms with Gasteiger partial charge >= 0.3 is 0 Å². The van der Waals surface area contributed by atoms with Gasteiger partial charge in [-0.1, -0.05) is 5.16 Å². The van der Waals surface area contributed by atoms with Gasteiger partial charge < -0.3 is 14.6 Å². The van der Waals surface area contributed by atoms with Crippen LogP contribution in [0.25, 0.3) is 11.3 Å². The van der Waals surface area contributed by atoms with Crippen molar-refractivity contribution in [2.24, 2.45) is 0 Å². The molecule has 1 aliphatic rings. The first kappa shape index (κ1) is 14.6. The molecule has 3 heterocycles. The van der Waals surface area contributed by atoms with Gasteiger partial charge in [0.2, 0.25) is 0 Å². The molecule has 2 aromatic heterocycles. The maximum Gasteiger partial charge on any atom is 0.155 e. The molecule has 0 atom stereocenters. The van der Waals surface area contributed by atoms with Crippen LogP contribution in [0.4, 0.5) is 5.82 Å². The van der Waals surface area contributed by atoms with Gasteiger partial charge in [0.05, 0.1) is 22.5 Å². The number of aryl methyl sites for hydroxylation is 2. The highest BCUT2D eigenvalue weighted by Gasteiger charge is 2.21. The number of aldehydes is 1. The van der Waals surface area contributed by atoms with Crippen LogP contribution >= 0.6 is 0 Å². The van der Waals surface area contributed by atoms with E-state index in [0.29, 0.717) is 28.5 Å². The van der Waals surface area contributed by atoms with Crippen molar-refractivity contribution in [2.75, 3.05) is 18.5 Å². The van der Waals surface area contributed by atoms with Gasteiger partial charge in [-0.2, -0.15) is 0 Å². The number of carbonyl (C=O) groups excluding carboxylic acids is 1. The molecule has 1 aliphatic heterocycles. The molecule has 0 saturated carbocycles. The fourth-order valence-electron chi connectivity index (χ4n) is 2.68. The maximum atomic E-state index is 11.6. The monoisotopic (exact) mass is 302 g/mol. The van der Waals surface area contributed by atoms with Crippen molar-refractivity contribution < 1.29 is 14.1 Å². The van der Waals surface area contributed by atoms with Gasteiger partial charge in [-0.25, -0.2) is 9.97 Å². The van der Waals surface area contributed by atoms with Gasteiger partial charge in [0.1, 0.15) is 17.9 Å². The third-order valence-corrected chi connectivity index (χ3v) is 3.83. The number of carbonyl (C=O) groups is 1. The van der Waals surface area contributed by atoms with Crippen LogP contribution in [0.5, 0.6) is 0 Å². The minimum Gasteiger partial charge on any atom is -0.381 e. The minimum atomic E-state index is 0.250. The molecule has 22 heavy (non-hydrogen) atoms. The van der Waals surface area contributed by atoms with Gasteiger partial charge in [-0.05, 0) is 26.7 Å². The summed E-state index contributed by atoms with van der Waals surface area (Å²) in [5.41, 5.74) is 2.44. The Morgan fingerprint density at radius 3 is 2.68 bits per heavy atom. The fraction of sp³-hybridized carbons (Fsp3) is 0.467. The second-order valence-corrected chi connectivity index (χ2v) is 5.33. The first-order valence-corrected chi connectivity index (χ1v) is 7.28. The van der Waals surface area contributed by atoms with E-state index in [4.69, 9.17) is 9.26 Å². The Hall–Kier alpha value is -2.28. The Balaban J connectivity index is 1.98. The third kappa shape index (κ3) is 2.71. The summed E-state index contributed by atoms with van der Waals surface area (Å²) in [4.78, 5) is 20.1. The lowest BCUT2D eigenvalue weighted by molar-refractivity contribution is 0.0903. The van der Waals surface area contributed by atoms with Crippen LogP contribution in [0.1, 0.15) is 34.7 Å². The molecule has 0 aromatic carbocycles. The second-order valence-electron chi connectivity index (χ2n) is 5.33. The Kier molecular flexibility index (Phi) is 4.15. The van der Waals surface area contributed by atoms with Crippen LogP contribution in [0.15, 0.2) is 10.9 Å². The lowest BCUT2D eigenvalue weighted by Gasteiger charge is -2.24. The number of nitrogens with one attached hydrogen (secondary N) is 1. The van der Waals surface area contributed by atoms with Gasteiger partial charge in [-0.3, -0.25) is 4.79 Å². The van der Waals surface area contributed by atoms with E-state index in [-0.39, 0.29) is 6.04 Å². The van der Waals surface area contributed by atoms with Crippen LogP contribution in [0.3, 0.4) is 0 Å². The molecule has 3 rings (SSSR count). The molecule has 2 aromatic rings. The van der Waals surface area contributed by atoms with Gasteiger partial charge in [0, 0.05) is 19.3 Å². The van der Waals surface area contributed by atoms with E-state index in [1.165, 1.54) is 6.33 Å². The smallest absolute Gasteiger partial charge is 0.155 e. The largest absolute Gasteiger partial charge is 0.381 e. The highest BCUT2D eigenvalue weighted by molar-refractivity contribution is 5.92. The van der Waals surface area contributed by atoms with E-state index in [9.17, 15) is 4.79 Å². The van der Waals surface area contributed by atoms with Gasteiger partial charge in [-0.15, -0.1) is 0 Å². The zero-order chi connectivity index (χ0) is 15.5. The van der Waals surface area contributed by atoms with Crippen molar-refractivity contribution >= 4 is 12.1 Å². The van der Waals surface area contributed by atoms with Crippen molar-refractivity contribution in [1.29, 1.82) is 0 Å². The van der Waals surface area contributed by atoms with Crippen molar-refractivity contribution in [3.8, 4) is 11.3 Å². The molecular formula is C15H18N4O3. The van der Waals surface area contributed by atoms with Gasteiger partial charge in [0.25, 0.3) is 0 Å². The summed E-state index contributed by atoms with van der Waals surface area (Å²) in [6.07, 6.45) is 4.02. The molecule has 116 valence electrons. The SMILES string of the molecule is Cc1noc(C)c1-c1ncnc(NC2CCOCC2)c1C=O. The normalized spacial score (nSPS) is 15.7. The van der Waals surface area contributed by atoms with Gasteiger partial charge in [0.15, 0.2) is 6.29 Å². The average molecular weight is 302 g/mol. The zero-order valence-corrected chi connectivity index (χ0v) is 12.6. The summed E-state index contributed by atoms with van der Waals surface area (Å²) in [5.74, 6) is 1.18. The minimum absolute atomic E-state index is 0.250. The molecule has 0 bridgehead atoms. The van der Waals surface area contributed by atoms with E-state index in [1.807, 2.05) is 6.92 Å². The molecule has 0 radical (unpaired) electrons. The second kappa shape index (κ2) is 6.23. The van der Waals surface area contributed by atoms with Crippen LogP contribution in [-0.4, -0.2) is 40.7 Å². The van der Waals surface area contributed by atoms with E-state index < -0.39 is 0 Å². The van der Waals surface area contributed by atoms with E-state index in [2.05, 4.69) is 20.4 Å². The van der Waals surface area contributed by atoms with Crippen LogP contribution in [0, 0.1) is 13.8 Å². The Labute approximate surface area is 128 Å². The molecule has 7 heteroatoms. The van der Waals surface area contributed by atoms with Crippen molar-refractivity contribution in [1.82, 2.24) is 15.1 Å². The number of hydrogen-bond acceptors (Lipinski definition) is 7.